The van der Waals surface area contributed by atoms with E-state index in [0.29, 0.717) is 13.0 Å². The first-order valence-corrected chi connectivity index (χ1v) is 7.36. The zero-order valence-corrected chi connectivity index (χ0v) is 12.1. The third kappa shape index (κ3) is 2.36. The highest BCUT2D eigenvalue weighted by molar-refractivity contribution is 7.99. The maximum Gasteiger partial charge on any atom is 0.330 e. The maximum atomic E-state index is 11.7. The number of nitrogens with one attached hydrogen (secondary N) is 1. The van der Waals surface area contributed by atoms with E-state index >= 15 is 0 Å². The quantitative estimate of drug-likeness (QED) is 0.760. The maximum absolute atomic E-state index is 11.7. The Bertz CT molecular complexity index is 345. The van der Waals surface area contributed by atoms with Crippen LogP contribution in [0.15, 0.2) is 0 Å². The van der Waals surface area contributed by atoms with Gasteiger partial charge in [0.2, 0.25) is 5.91 Å². The lowest BCUT2D eigenvalue weighted by Crippen LogP contribution is -2.76. The zero-order chi connectivity index (χ0) is 14.0. The molecule has 2 unspecified atom stereocenters. The van der Waals surface area contributed by atoms with E-state index in [1.165, 1.54) is 11.8 Å². The van der Waals surface area contributed by atoms with Gasteiger partial charge < -0.3 is 15.2 Å². The van der Waals surface area contributed by atoms with Crippen LogP contribution in [0.2, 0.25) is 0 Å². The van der Waals surface area contributed by atoms with Crippen LogP contribution in [-0.2, 0) is 14.3 Å². The molecular weight excluding hydrogens is 254 g/mol. The summed E-state index contributed by atoms with van der Waals surface area (Å²) >= 11 is 1.37. The molecule has 5 nitrogen and oxygen atoms in total. The van der Waals surface area contributed by atoms with Crippen molar-refractivity contribution in [3.8, 4) is 0 Å². The van der Waals surface area contributed by atoms with Crippen molar-refractivity contribution in [3.63, 3.8) is 0 Å². The molecule has 0 spiro atoms. The average molecular weight is 275 g/mol. The molecule has 0 aromatic rings. The molecule has 104 valence electrons. The van der Waals surface area contributed by atoms with Crippen LogP contribution in [-0.4, -0.2) is 47.2 Å². The molecule has 18 heavy (non-hydrogen) atoms. The summed E-state index contributed by atoms with van der Waals surface area (Å²) in [5.41, 5.74) is -1.82. The van der Waals surface area contributed by atoms with Crippen molar-refractivity contribution < 1.29 is 19.4 Å². The van der Waals surface area contributed by atoms with Crippen LogP contribution in [0.25, 0.3) is 0 Å². The Morgan fingerprint density at radius 1 is 1.50 bits per heavy atom. The van der Waals surface area contributed by atoms with Gasteiger partial charge in [0.25, 0.3) is 0 Å². The number of carbonyl (C=O) groups excluding carboxylic acids is 1. The number of ether oxygens (including phenoxy) is 1. The molecule has 1 amide bonds. The van der Waals surface area contributed by atoms with Gasteiger partial charge in [0.05, 0.1) is 11.9 Å². The lowest BCUT2D eigenvalue weighted by Gasteiger charge is -2.58. The Hall–Kier alpha value is -0.750. The Labute approximate surface area is 112 Å². The van der Waals surface area contributed by atoms with E-state index in [0.717, 1.165) is 0 Å². The molecule has 1 aliphatic carbocycles. The zero-order valence-electron chi connectivity index (χ0n) is 11.3. The van der Waals surface area contributed by atoms with Gasteiger partial charge in [0, 0.05) is 18.4 Å². The average Bonchev–Trinajstić information content (AvgIpc) is 2.27. The first kappa shape index (κ1) is 15.3. The van der Waals surface area contributed by atoms with E-state index in [9.17, 15) is 14.7 Å². The van der Waals surface area contributed by atoms with Crippen LogP contribution in [0.1, 0.15) is 27.2 Å². The van der Waals surface area contributed by atoms with E-state index in [1.807, 2.05) is 27.0 Å². The molecule has 0 saturated heterocycles. The summed E-state index contributed by atoms with van der Waals surface area (Å²) in [7, 11) is 0. The van der Waals surface area contributed by atoms with Gasteiger partial charge in [-0.05, 0) is 13.2 Å². The molecule has 0 aromatic carbocycles. The van der Waals surface area contributed by atoms with Crippen molar-refractivity contribution in [2.45, 2.75) is 38.8 Å². The van der Waals surface area contributed by atoms with E-state index < -0.39 is 16.9 Å². The summed E-state index contributed by atoms with van der Waals surface area (Å²) in [6.45, 7) is 6.07. The fourth-order valence-corrected chi connectivity index (χ4v) is 2.78. The molecule has 0 radical (unpaired) electrons. The Kier molecular flexibility index (Phi) is 4.66. The Morgan fingerprint density at radius 3 is 2.50 bits per heavy atom. The molecule has 6 heteroatoms. The van der Waals surface area contributed by atoms with Crippen LogP contribution in [0.3, 0.4) is 0 Å². The first-order chi connectivity index (χ1) is 8.31. The predicted octanol–water partition coefficient (Wildman–Crippen LogP) is 1.12. The molecule has 2 N–H and O–H groups in total. The number of thioether (sulfide) groups is 1. The van der Waals surface area contributed by atoms with Crippen LogP contribution in [0.4, 0.5) is 0 Å². The van der Waals surface area contributed by atoms with Crippen molar-refractivity contribution >= 4 is 23.6 Å². The first-order valence-electron chi connectivity index (χ1n) is 5.96. The normalized spacial score (nSPS) is 29.4. The summed E-state index contributed by atoms with van der Waals surface area (Å²) in [5, 5.41) is 12.1. The molecule has 0 bridgehead atoms. The second-order valence-corrected chi connectivity index (χ2v) is 5.93. The molecule has 1 fully saturated rings. The third-order valence-corrected chi connectivity index (χ3v) is 4.31. The highest BCUT2D eigenvalue weighted by Crippen LogP contribution is 2.51. The minimum absolute atomic E-state index is 0.131. The lowest BCUT2D eigenvalue weighted by atomic mass is 9.54. The van der Waals surface area contributed by atoms with Gasteiger partial charge in [0.1, 0.15) is 5.54 Å². The monoisotopic (exact) mass is 275 g/mol. The van der Waals surface area contributed by atoms with Gasteiger partial charge in [-0.2, -0.15) is 11.8 Å². The van der Waals surface area contributed by atoms with Crippen LogP contribution >= 0.6 is 11.8 Å². The van der Waals surface area contributed by atoms with Gasteiger partial charge in [-0.1, -0.05) is 13.8 Å². The summed E-state index contributed by atoms with van der Waals surface area (Å²) in [6, 6.07) is 0. The largest absolute Gasteiger partial charge is 0.479 e. The highest BCUT2D eigenvalue weighted by Gasteiger charge is 2.66. The third-order valence-electron chi connectivity index (χ3n) is 3.76. The smallest absolute Gasteiger partial charge is 0.330 e. The summed E-state index contributed by atoms with van der Waals surface area (Å²) in [4.78, 5) is 23.2. The number of amides is 1. The summed E-state index contributed by atoms with van der Waals surface area (Å²) in [5.74, 6) is -0.962. The standard InChI is InChI=1S/C12H21NO4S/c1-5-17-8-6-12(10(15)16,11(8,2)3)13-9(14)7-18-4/h8H,5-7H2,1-4H3,(H,13,14)(H,15,16). The second kappa shape index (κ2) is 5.48. The van der Waals surface area contributed by atoms with E-state index in [1.54, 1.807) is 0 Å². The number of carbonyl (C=O) groups is 2. The fraction of sp³-hybridized carbons (Fsp3) is 0.833. The van der Waals surface area contributed by atoms with Gasteiger partial charge >= 0.3 is 5.97 Å². The van der Waals surface area contributed by atoms with Crippen LogP contribution < -0.4 is 5.32 Å². The molecule has 1 aliphatic rings. The number of carboxylic acid groups (broad SMARTS) is 1. The van der Waals surface area contributed by atoms with Crippen molar-refractivity contribution in [1.29, 1.82) is 0 Å². The van der Waals surface area contributed by atoms with E-state index in [4.69, 9.17) is 4.74 Å². The predicted molar refractivity (Wildman–Crippen MR) is 70.7 cm³/mol. The number of hydrogen-bond acceptors (Lipinski definition) is 4. The molecule has 0 aromatic heterocycles. The molecule has 0 aliphatic heterocycles. The minimum atomic E-state index is -1.21. The van der Waals surface area contributed by atoms with Crippen molar-refractivity contribution in [2.75, 3.05) is 18.6 Å². The number of rotatable bonds is 6. The molecular formula is C12H21NO4S. The molecule has 0 heterocycles. The molecule has 1 saturated carbocycles. The molecule has 1 rings (SSSR count). The van der Waals surface area contributed by atoms with Gasteiger partial charge in [-0.25, -0.2) is 4.79 Å². The van der Waals surface area contributed by atoms with Crippen LogP contribution in [0, 0.1) is 5.41 Å². The van der Waals surface area contributed by atoms with Gasteiger partial charge in [0.15, 0.2) is 0 Å². The number of aliphatic carboxylic acids is 1. The van der Waals surface area contributed by atoms with Crippen molar-refractivity contribution in [1.82, 2.24) is 5.32 Å². The van der Waals surface area contributed by atoms with Crippen LogP contribution in [0.5, 0.6) is 0 Å². The van der Waals surface area contributed by atoms with Gasteiger partial charge in [-0.15, -0.1) is 0 Å². The van der Waals surface area contributed by atoms with Crippen molar-refractivity contribution in [3.05, 3.63) is 0 Å². The molecule has 2 atom stereocenters. The second-order valence-electron chi connectivity index (χ2n) is 5.06. The Balaban J connectivity index is 2.85. The summed E-state index contributed by atoms with van der Waals surface area (Å²) in [6.07, 6.45) is 2.00. The number of hydrogen-bond donors (Lipinski definition) is 2. The number of carboxylic acids is 1. The van der Waals surface area contributed by atoms with Gasteiger partial charge in [-0.3, -0.25) is 4.79 Å². The lowest BCUT2D eigenvalue weighted by molar-refractivity contribution is -0.194. The highest BCUT2D eigenvalue weighted by atomic mass is 32.2. The topological polar surface area (TPSA) is 75.6 Å². The SMILES string of the molecule is CCOC1CC(NC(=O)CSC)(C(=O)O)C1(C)C. The summed E-state index contributed by atoms with van der Waals surface area (Å²) < 4.78 is 5.52. The van der Waals surface area contributed by atoms with E-state index in [-0.39, 0.29) is 17.8 Å². The Morgan fingerprint density at radius 2 is 2.11 bits per heavy atom. The fourth-order valence-electron chi connectivity index (χ4n) is 2.44. The minimum Gasteiger partial charge on any atom is -0.479 e. The van der Waals surface area contributed by atoms with Crippen molar-refractivity contribution in [2.24, 2.45) is 5.41 Å². The van der Waals surface area contributed by atoms with E-state index in [2.05, 4.69) is 5.32 Å².